The van der Waals surface area contributed by atoms with E-state index in [1.807, 2.05) is 0 Å². The van der Waals surface area contributed by atoms with Crippen LogP contribution in [-0.4, -0.2) is 48.1 Å². The third-order valence-electron chi connectivity index (χ3n) is 3.44. The predicted molar refractivity (Wildman–Crippen MR) is 64.2 cm³/mol. The Kier molecular flexibility index (Phi) is 6.49. The molecule has 1 saturated carbocycles. The molecule has 0 saturated heterocycles. The van der Waals surface area contributed by atoms with Crippen molar-refractivity contribution >= 4 is 5.91 Å². The molecule has 106 valence electrons. The second kappa shape index (κ2) is 7.63. The van der Waals surface area contributed by atoms with Gasteiger partial charge in [0.1, 0.15) is 0 Å². The quantitative estimate of drug-likeness (QED) is 0.751. The van der Waals surface area contributed by atoms with Gasteiger partial charge in [-0.3, -0.25) is 4.79 Å². The van der Waals surface area contributed by atoms with E-state index >= 15 is 0 Å². The molecule has 0 bridgehead atoms. The number of carbonyl (C=O) groups is 1. The van der Waals surface area contributed by atoms with Crippen molar-refractivity contribution < 1.29 is 18.7 Å². The summed E-state index contributed by atoms with van der Waals surface area (Å²) < 4.78 is 24.6. The molecule has 1 fully saturated rings. The number of hydrogen-bond donors (Lipinski definition) is 2. The third-order valence-corrected chi connectivity index (χ3v) is 3.44. The van der Waals surface area contributed by atoms with E-state index < -0.39 is 13.0 Å². The number of nitrogens with zero attached hydrogens (tertiary/aromatic N) is 1. The van der Waals surface area contributed by atoms with Crippen LogP contribution < -0.4 is 5.73 Å². The van der Waals surface area contributed by atoms with Gasteiger partial charge in [-0.2, -0.15) is 0 Å². The minimum atomic E-state index is -2.56. The van der Waals surface area contributed by atoms with Crippen molar-refractivity contribution in [1.82, 2.24) is 4.90 Å². The number of amides is 1. The van der Waals surface area contributed by atoms with Crippen molar-refractivity contribution in [2.75, 3.05) is 19.7 Å². The highest BCUT2D eigenvalue weighted by molar-refractivity contribution is 5.76. The molecule has 0 aromatic carbocycles. The number of rotatable bonds is 6. The molecule has 1 amide bonds. The molecule has 0 aromatic rings. The van der Waals surface area contributed by atoms with Gasteiger partial charge in [0, 0.05) is 19.0 Å². The van der Waals surface area contributed by atoms with Crippen LogP contribution in [0.25, 0.3) is 0 Å². The zero-order valence-electron chi connectivity index (χ0n) is 10.5. The van der Waals surface area contributed by atoms with Crippen molar-refractivity contribution in [2.45, 2.75) is 44.6 Å². The van der Waals surface area contributed by atoms with E-state index in [1.165, 1.54) is 0 Å². The van der Waals surface area contributed by atoms with Gasteiger partial charge in [-0.15, -0.1) is 0 Å². The Morgan fingerprint density at radius 2 is 1.94 bits per heavy atom. The minimum absolute atomic E-state index is 0.0184. The molecule has 0 spiro atoms. The Hall–Kier alpha value is -0.750. The van der Waals surface area contributed by atoms with Crippen LogP contribution in [0, 0.1) is 5.92 Å². The first-order chi connectivity index (χ1) is 8.52. The molecule has 0 radical (unpaired) electrons. The SMILES string of the molecule is NC1CCC(CC(=O)N(CCO)CC(F)F)CC1. The second-order valence-corrected chi connectivity index (χ2v) is 4.94. The monoisotopic (exact) mass is 264 g/mol. The zero-order valence-corrected chi connectivity index (χ0v) is 10.5. The second-order valence-electron chi connectivity index (χ2n) is 4.94. The van der Waals surface area contributed by atoms with Crippen molar-refractivity contribution in [3.63, 3.8) is 0 Å². The molecule has 1 aliphatic rings. The van der Waals surface area contributed by atoms with E-state index in [1.54, 1.807) is 0 Å². The number of carbonyl (C=O) groups excluding carboxylic acids is 1. The number of aliphatic hydroxyl groups is 1. The molecule has 0 aliphatic heterocycles. The first-order valence-electron chi connectivity index (χ1n) is 6.45. The van der Waals surface area contributed by atoms with Crippen molar-refractivity contribution in [1.29, 1.82) is 0 Å². The van der Waals surface area contributed by atoms with Crippen LogP contribution in [0.2, 0.25) is 0 Å². The molecule has 0 heterocycles. The summed E-state index contributed by atoms with van der Waals surface area (Å²) in [6.07, 6.45) is 1.29. The average molecular weight is 264 g/mol. The Morgan fingerprint density at radius 3 is 2.44 bits per heavy atom. The molecule has 3 N–H and O–H groups in total. The van der Waals surface area contributed by atoms with Gasteiger partial charge in [0.15, 0.2) is 0 Å². The first kappa shape index (κ1) is 15.3. The van der Waals surface area contributed by atoms with Crippen LogP contribution in [0.5, 0.6) is 0 Å². The fourth-order valence-corrected chi connectivity index (χ4v) is 2.37. The molecule has 4 nitrogen and oxygen atoms in total. The molecule has 1 rings (SSSR count). The first-order valence-corrected chi connectivity index (χ1v) is 6.45. The smallest absolute Gasteiger partial charge is 0.255 e. The predicted octanol–water partition coefficient (Wildman–Crippen LogP) is 0.980. The van der Waals surface area contributed by atoms with Crippen LogP contribution in [0.15, 0.2) is 0 Å². The van der Waals surface area contributed by atoms with Crippen LogP contribution in [-0.2, 0) is 4.79 Å². The number of halogens is 2. The fourth-order valence-electron chi connectivity index (χ4n) is 2.37. The van der Waals surface area contributed by atoms with E-state index in [9.17, 15) is 13.6 Å². The van der Waals surface area contributed by atoms with Crippen molar-refractivity contribution in [2.24, 2.45) is 11.7 Å². The summed E-state index contributed by atoms with van der Waals surface area (Å²) in [5, 5.41) is 8.78. The lowest BCUT2D eigenvalue weighted by Gasteiger charge is -2.28. The zero-order chi connectivity index (χ0) is 13.5. The molecule has 1 aliphatic carbocycles. The largest absolute Gasteiger partial charge is 0.395 e. The fraction of sp³-hybridized carbons (Fsp3) is 0.917. The van der Waals surface area contributed by atoms with E-state index in [4.69, 9.17) is 10.8 Å². The third kappa shape index (κ3) is 5.27. The van der Waals surface area contributed by atoms with Gasteiger partial charge in [0.25, 0.3) is 6.43 Å². The summed E-state index contributed by atoms with van der Waals surface area (Å²) in [5.74, 6) is -0.0408. The number of hydrogen-bond acceptors (Lipinski definition) is 3. The van der Waals surface area contributed by atoms with E-state index in [-0.39, 0.29) is 31.0 Å². The molecule has 6 heteroatoms. The van der Waals surface area contributed by atoms with Crippen LogP contribution >= 0.6 is 0 Å². The molecule has 0 atom stereocenters. The number of nitrogens with two attached hydrogens (primary N) is 1. The number of alkyl halides is 2. The summed E-state index contributed by atoms with van der Waals surface area (Å²) >= 11 is 0. The molecule has 0 aromatic heterocycles. The lowest BCUT2D eigenvalue weighted by atomic mass is 9.84. The molecular formula is C12H22F2N2O2. The van der Waals surface area contributed by atoms with Gasteiger partial charge < -0.3 is 15.7 Å². The highest BCUT2D eigenvalue weighted by Gasteiger charge is 2.24. The summed E-state index contributed by atoms with van der Waals surface area (Å²) in [7, 11) is 0. The Balaban J connectivity index is 2.40. The van der Waals surface area contributed by atoms with Gasteiger partial charge in [-0.1, -0.05) is 0 Å². The van der Waals surface area contributed by atoms with Gasteiger partial charge in [0.2, 0.25) is 5.91 Å². The maximum Gasteiger partial charge on any atom is 0.255 e. The highest BCUT2D eigenvalue weighted by Crippen LogP contribution is 2.26. The van der Waals surface area contributed by atoms with Gasteiger partial charge in [-0.25, -0.2) is 8.78 Å². The van der Waals surface area contributed by atoms with E-state index in [0.29, 0.717) is 6.42 Å². The van der Waals surface area contributed by atoms with Crippen molar-refractivity contribution in [3.8, 4) is 0 Å². The topological polar surface area (TPSA) is 66.6 Å². The summed E-state index contributed by atoms with van der Waals surface area (Å²) in [6.45, 7) is -0.894. The Labute approximate surface area is 106 Å². The van der Waals surface area contributed by atoms with Gasteiger partial charge in [0.05, 0.1) is 13.2 Å². The normalized spacial score (nSPS) is 24.3. The van der Waals surface area contributed by atoms with Crippen LogP contribution in [0.1, 0.15) is 32.1 Å². The van der Waals surface area contributed by atoms with Crippen molar-refractivity contribution in [3.05, 3.63) is 0 Å². The summed E-state index contributed by atoms with van der Waals surface area (Å²) in [4.78, 5) is 12.9. The van der Waals surface area contributed by atoms with Gasteiger partial charge in [-0.05, 0) is 31.6 Å². The lowest BCUT2D eigenvalue weighted by molar-refractivity contribution is -0.135. The summed E-state index contributed by atoms with van der Waals surface area (Å²) in [6, 6.07) is 0.214. The molecular weight excluding hydrogens is 242 g/mol. The Bertz CT molecular complexity index is 256. The average Bonchev–Trinajstić information content (AvgIpc) is 2.31. The maximum absolute atomic E-state index is 12.3. The number of aliphatic hydroxyl groups excluding tert-OH is 1. The summed E-state index contributed by atoms with van der Waals surface area (Å²) in [5.41, 5.74) is 5.77. The minimum Gasteiger partial charge on any atom is -0.395 e. The standard InChI is InChI=1S/C12H22F2N2O2/c13-11(14)8-16(5-6-17)12(18)7-9-1-3-10(15)4-2-9/h9-11,17H,1-8,15H2. The van der Waals surface area contributed by atoms with Crippen LogP contribution in [0.4, 0.5) is 8.78 Å². The molecule has 0 unspecified atom stereocenters. The Morgan fingerprint density at radius 1 is 1.33 bits per heavy atom. The van der Waals surface area contributed by atoms with Crippen LogP contribution in [0.3, 0.4) is 0 Å². The maximum atomic E-state index is 12.3. The highest BCUT2D eigenvalue weighted by atomic mass is 19.3. The molecule has 18 heavy (non-hydrogen) atoms. The lowest BCUT2D eigenvalue weighted by Crippen LogP contribution is -2.38. The van der Waals surface area contributed by atoms with Gasteiger partial charge >= 0.3 is 0 Å². The van der Waals surface area contributed by atoms with E-state index in [0.717, 1.165) is 30.6 Å². The van der Waals surface area contributed by atoms with E-state index in [2.05, 4.69) is 0 Å².